The molecular formula is C28H30O5S2. The van der Waals surface area contributed by atoms with E-state index in [1.807, 2.05) is 50.3 Å². The highest BCUT2D eigenvalue weighted by Crippen LogP contribution is 2.55. The van der Waals surface area contributed by atoms with Gasteiger partial charge in [0.2, 0.25) is 0 Å². The summed E-state index contributed by atoms with van der Waals surface area (Å²) in [6.45, 7) is 3.74. The first-order valence-electron chi connectivity index (χ1n) is 11.5. The Labute approximate surface area is 208 Å². The van der Waals surface area contributed by atoms with Crippen molar-refractivity contribution < 1.29 is 21.6 Å². The van der Waals surface area contributed by atoms with Crippen LogP contribution < -0.4 is 0 Å². The van der Waals surface area contributed by atoms with Crippen molar-refractivity contribution in [2.45, 2.75) is 46.2 Å². The van der Waals surface area contributed by atoms with Gasteiger partial charge in [0, 0.05) is 19.4 Å². The monoisotopic (exact) mass is 510 g/mol. The van der Waals surface area contributed by atoms with Crippen molar-refractivity contribution >= 4 is 25.8 Å². The van der Waals surface area contributed by atoms with Crippen LogP contribution in [0.2, 0.25) is 0 Å². The summed E-state index contributed by atoms with van der Waals surface area (Å²) in [5, 5.41) is 0. The second-order valence-corrected chi connectivity index (χ2v) is 14.2. The van der Waals surface area contributed by atoms with E-state index in [4.69, 9.17) is 4.74 Å². The van der Waals surface area contributed by atoms with Crippen LogP contribution in [-0.4, -0.2) is 33.6 Å². The molecule has 5 nitrogen and oxygen atoms in total. The Bertz CT molecular complexity index is 1340. The predicted molar refractivity (Wildman–Crippen MR) is 138 cm³/mol. The molecule has 0 bridgehead atoms. The van der Waals surface area contributed by atoms with E-state index < -0.39 is 35.3 Å². The maximum atomic E-state index is 14.3. The van der Waals surface area contributed by atoms with E-state index in [9.17, 15) is 16.8 Å². The summed E-state index contributed by atoms with van der Waals surface area (Å²) in [5.74, 6) is -0.440. The van der Waals surface area contributed by atoms with Crippen molar-refractivity contribution in [1.29, 1.82) is 0 Å². The van der Waals surface area contributed by atoms with Crippen LogP contribution in [-0.2, 0) is 24.4 Å². The molecule has 35 heavy (non-hydrogen) atoms. The first-order valence-corrected chi connectivity index (χ1v) is 14.4. The lowest BCUT2D eigenvalue weighted by atomic mass is 9.85. The van der Waals surface area contributed by atoms with E-state index in [0.717, 1.165) is 11.1 Å². The standard InChI is InChI=1S/C28H30O5S2/c1-27(2,33-3)26-21-28(34(29,30)24-15-9-5-10-16-24,35(31,32)25-17-11-6-12-18-25)20-23(26)19-22-13-7-4-8-14-22/h4-19,26H,20-21H2,1-3H3/b23-19+. The molecule has 1 saturated carbocycles. The molecule has 0 spiro atoms. The Morgan fingerprint density at radius 1 is 0.771 bits per heavy atom. The maximum absolute atomic E-state index is 14.3. The zero-order valence-corrected chi connectivity index (χ0v) is 21.7. The van der Waals surface area contributed by atoms with E-state index in [1.54, 1.807) is 43.5 Å². The second kappa shape index (κ2) is 9.37. The van der Waals surface area contributed by atoms with Crippen molar-refractivity contribution in [2.75, 3.05) is 7.11 Å². The number of methoxy groups -OCH3 is 1. The van der Waals surface area contributed by atoms with E-state index in [2.05, 4.69) is 0 Å². The zero-order valence-electron chi connectivity index (χ0n) is 20.1. The molecule has 3 aromatic rings. The van der Waals surface area contributed by atoms with Crippen molar-refractivity contribution in [3.8, 4) is 0 Å². The van der Waals surface area contributed by atoms with Crippen molar-refractivity contribution in [3.63, 3.8) is 0 Å². The third-order valence-electron chi connectivity index (χ3n) is 7.04. The van der Waals surface area contributed by atoms with Crippen LogP contribution in [0, 0.1) is 5.92 Å². The van der Waals surface area contributed by atoms with Crippen molar-refractivity contribution in [1.82, 2.24) is 0 Å². The summed E-state index contributed by atoms with van der Waals surface area (Å²) in [6, 6.07) is 25.3. The van der Waals surface area contributed by atoms with E-state index in [-0.39, 0.29) is 22.6 Å². The van der Waals surface area contributed by atoms with Gasteiger partial charge in [-0.1, -0.05) is 78.4 Å². The molecule has 1 unspecified atom stereocenters. The molecular weight excluding hydrogens is 480 g/mol. The molecule has 0 amide bonds. The molecule has 0 saturated heterocycles. The summed E-state index contributed by atoms with van der Waals surface area (Å²) in [7, 11) is -7.07. The summed E-state index contributed by atoms with van der Waals surface area (Å²) in [5.41, 5.74) is 0.826. The van der Waals surface area contributed by atoms with E-state index in [1.165, 1.54) is 24.3 Å². The maximum Gasteiger partial charge on any atom is 0.199 e. The number of ether oxygens (including phenoxy) is 1. The molecule has 0 N–H and O–H groups in total. The van der Waals surface area contributed by atoms with Crippen molar-refractivity contribution in [3.05, 3.63) is 102 Å². The van der Waals surface area contributed by atoms with Crippen LogP contribution in [0.5, 0.6) is 0 Å². The minimum atomic E-state index is -4.32. The van der Waals surface area contributed by atoms with Gasteiger partial charge in [-0.15, -0.1) is 0 Å². The van der Waals surface area contributed by atoms with Gasteiger partial charge in [-0.3, -0.25) is 0 Å². The largest absolute Gasteiger partial charge is 0.378 e. The second-order valence-electron chi connectivity index (χ2n) is 9.41. The first-order chi connectivity index (χ1) is 16.5. The summed E-state index contributed by atoms with van der Waals surface area (Å²) in [4.78, 5) is -0.0103. The average molecular weight is 511 g/mol. The third kappa shape index (κ3) is 4.37. The van der Waals surface area contributed by atoms with Gasteiger partial charge in [-0.05, 0) is 50.1 Å². The lowest BCUT2D eigenvalue weighted by Gasteiger charge is -2.33. The van der Waals surface area contributed by atoms with Gasteiger partial charge in [-0.2, -0.15) is 0 Å². The number of hydrogen-bond acceptors (Lipinski definition) is 5. The van der Waals surface area contributed by atoms with Gasteiger partial charge in [-0.25, -0.2) is 16.8 Å². The smallest absolute Gasteiger partial charge is 0.199 e. The number of sulfone groups is 2. The molecule has 3 aromatic carbocycles. The average Bonchev–Trinajstić information content (AvgIpc) is 3.28. The van der Waals surface area contributed by atoms with Gasteiger partial charge in [0.05, 0.1) is 15.4 Å². The fourth-order valence-electron chi connectivity index (χ4n) is 4.88. The number of hydrogen-bond donors (Lipinski definition) is 0. The van der Waals surface area contributed by atoms with Crippen molar-refractivity contribution in [2.24, 2.45) is 5.92 Å². The van der Waals surface area contributed by atoms with Crippen LogP contribution in [0.3, 0.4) is 0 Å². The Morgan fingerprint density at radius 3 is 1.63 bits per heavy atom. The third-order valence-corrected chi connectivity index (χ3v) is 12.7. The van der Waals surface area contributed by atoms with Crippen LogP contribution in [0.1, 0.15) is 32.3 Å². The lowest BCUT2D eigenvalue weighted by Crippen LogP contribution is -2.45. The van der Waals surface area contributed by atoms with Crippen LogP contribution in [0.4, 0.5) is 0 Å². The molecule has 7 heteroatoms. The van der Waals surface area contributed by atoms with Gasteiger partial charge in [0.25, 0.3) is 0 Å². The summed E-state index contributed by atoms with van der Waals surface area (Å²) in [6.07, 6.45) is 1.66. The van der Waals surface area contributed by atoms with E-state index >= 15 is 0 Å². The minimum Gasteiger partial charge on any atom is -0.378 e. The Hall–Kier alpha value is -2.74. The quantitative estimate of drug-likeness (QED) is 0.417. The molecule has 0 aromatic heterocycles. The normalized spacial score (nSPS) is 19.6. The molecule has 0 radical (unpaired) electrons. The fourth-order valence-corrected chi connectivity index (χ4v) is 9.99. The highest BCUT2D eigenvalue weighted by Gasteiger charge is 2.63. The molecule has 4 rings (SSSR count). The molecule has 1 aliphatic carbocycles. The zero-order chi connectivity index (χ0) is 25.3. The van der Waals surface area contributed by atoms with Crippen LogP contribution >= 0.6 is 0 Å². The Morgan fingerprint density at radius 2 is 1.20 bits per heavy atom. The SMILES string of the molecule is COC(C)(C)C1CC(S(=O)(=O)c2ccccc2)(S(=O)(=O)c2ccccc2)C/C1=C\c1ccccc1. The summed E-state index contributed by atoms with van der Waals surface area (Å²) < 4.78 is 60.9. The fraction of sp³-hybridized carbons (Fsp3) is 0.286. The van der Waals surface area contributed by atoms with Gasteiger partial charge >= 0.3 is 0 Å². The molecule has 0 aliphatic heterocycles. The van der Waals surface area contributed by atoms with Crippen LogP contribution in [0.25, 0.3) is 6.08 Å². The molecule has 1 atom stereocenters. The minimum absolute atomic E-state index is 0.00515. The number of benzene rings is 3. The Balaban J connectivity index is 2.01. The molecule has 1 fully saturated rings. The highest BCUT2D eigenvalue weighted by molar-refractivity contribution is 8.10. The Kier molecular flexibility index (Phi) is 6.79. The molecule has 184 valence electrons. The molecule has 1 aliphatic rings. The van der Waals surface area contributed by atoms with Gasteiger partial charge in [0.15, 0.2) is 23.8 Å². The number of rotatable bonds is 7. The highest BCUT2D eigenvalue weighted by atomic mass is 32.3. The van der Waals surface area contributed by atoms with Gasteiger partial charge in [0.1, 0.15) is 0 Å². The molecule has 0 heterocycles. The van der Waals surface area contributed by atoms with Gasteiger partial charge < -0.3 is 4.74 Å². The lowest BCUT2D eigenvalue weighted by molar-refractivity contribution is -0.0138. The first kappa shape index (κ1) is 25.4. The van der Waals surface area contributed by atoms with E-state index in [0.29, 0.717) is 0 Å². The summed E-state index contributed by atoms with van der Waals surface area (Å²) >= 11 is 0. The predicted octanol–water partition coefficient (Wildman–Crippen LogP) is 5.55. The topological polar surface area (TPSA) is 77.5 Å². The van der Waals surface area contributed by atoms with Crippen LogP contribution in [0.15, 0.2) is 106 Å².